The van der Waals surface area contributed by atoms with Crippen molar-refractivity contribution in [1.29, 1.82) is 0 Å². The van der Waals surface area contributed by atoms with Crippen molar-refractivity contribution in [2.45, 2.75) is 34.1 Å². The zero-order chi connectivity index (χ0) is 11.0. The van der Waals surface area contributed by atoms with Gasteiger partial charge in [0.25, 0.3) is 5.70 Å². The normalized spacial score (nSPS) is 27.3. The SMILES string of the molecule is CC(C)(C)C1(C)C=CC([N+](=O)[O-])=CC1. The average molecular weight is 195 g/mol. The lowest BCUT2D eigenvalue weighted by atomic mass is 9.64. The van der Waals surface area contributed by atoms with E-state index in [9.17, 15) is 10.1 Å². The Balaban J connectivity index is 2.88. The second-order valence-electron chi connectivity index (χ2n) is 5.09. The minimum absolute atomic E-state index is 0.0203. The molecule has 3 heteroatoms. The van der Waals surface area contributed by atoms with E-state index in [1.165, 1.54) is 0 Å². The Bertz CT molecular complexity index is 310. The van der Waals surface area contributed by atoms with Gasteiger partial charge in [-0.05, 0) is 23.3 Å². The van der Waals surface area contributed by atoms with Gasteiger partial charge in [0.05, 0.1) is 4.92 Å². The van der Waals surface area contributed by atoms with Crippen LogP contribution < -0.4 is 0 Å². The smallest absolute Gasteiger partial charge is 0.258 e. The first-order chi connectivity index (χ1) is 6.26. The van der Waals surface area contributed by atoms with E-state index in [-0.39, 0.29) is 21.5 Å². The first-order valence-electron chi connectivity index (χ1n) is 4.80. The van der Waals surface area contributed by atoms with Crippen LogP contribution in [-0.4, -0.2) is 4.92 Å². The number of allylic oxidation sites excluding steroid dienone is 3. The van der Waals surface area contributed by atoms with Gasteiger partial charge in [0, 0.05) is 6.08 Å². The quantitative estimate of drug-likeness (QED) is 0.476. The lowest BCUT2D eigenvalue weighted by Gasteiger charge is -2.40. The molecule has 0 amide bonds. The molecule has 0 fully saturated rings. The van der Waals surface area contributed by atoms with Gasteiger partial charge in [-0.15, -0.1) is 0 Å². The zero-order valence-electron chi connectivity index (χ0n) is 9.20. The molecule has 0 saturated heterocycles. The number of rotatable bonds is 1. The monoisotopic (exact) mass is 195 g/mol. The fourth-order valence-electron chi connectivity index (χ4n) is 1.41. The molecule has 0 aliphatic heterocycles. The van der Waals surface area contributed by atoms with Crippen LogP contribution >= 0.6 is 0 Å². The van der Waals surface area contributed by atoms with E-state index in [0.717, 1.165) is 6.42 Å². The second kappa shape index (κ2) is 3.23. The van der Waals surface area contributed by atoms with Crippen LogP contribution in [0.2, 0.25) is 0 Å². The number of nitro groups is 1. The zero-order valence-corrected chi connectivity index (χ0v) is 9.20. The van der Waals surface area contributed by atoms with Gasteiger partial charge in [0.2, 0.25) is 0 Å². The van der Waals surface area contributed by atoms with E-state index >= 15 is 0 Å². The molecule has 1 unspecified atom stereocenters. The van der Waals surface area contributed by atoms with Crippen molar-refractivity contribution in [3.05, 3.63) is 34.0 Å². The lowest BCUT2D eigenvalue weighted by molar-refractivity contribution is -0.419. The molecule has 78 valence electrons. The van der Waals surface area contributed by atoms with E-state index in [1.54, 1.807) is 12.2 Å². The minimum Gasteiger partial charge on any atom is -0.258 e. The fourth-order valence-corrected chi connectivity index (χ4v) is 1.41. The standard InChI is InChI=1S/C11H17NO2/c1-10(2,3)11(4)7-5-9(6-8-11)12(13)14/h5-7H,8H2,1-4H3. The maximum Gasteiger partial charge on any atom is 0.265 e. The molecule has 0 heterocycles. The lowest BCUT2D eigenvalue weighted by Crippen LogP contribution is -2.31. The Morgan fingerprint density at radius 3 is 2.36 bits per heavy atom. The predicted molar refractivity (Wildman–Crippen MR) is 56.4 cm³/mol. The van der Waals surface area contributed by atoms with Crippen molar-refractivity contribution in [1.82, 2.24) is 0 Å². The average Bonchev–Trinajstić information content (AvgIpc) is 2.03. The Hall–Kier alpha value is -1.12. The number of hydrogen-bond donors (Lipinski definition) is 0. The Kier molecular flexibility index (Phi) is 2.52. The Labute approximate surface area is 84.7 Å². The summed E-state index contributed by atoms with van der Waals surface area (Å²) < 4.78 is 0. The van der Waals surface area contributed by atoms with Gasteiger partial charge in [0.15, 0.2) is 0 Å². The summed E-state index contributed by atoms with van der Waals surface area (Å²) in [6.45, 7) is 8.60. The molecule has 0 aromatic heterocycles. The molecular formula is C11H17NO2. The third-order valence-electron chi connectivity index (χ3n) is 3.28. The summed E-state index contributed by atoms with van der Waals surface area (Å²) in [5, 5.41) is 10.5. The van der Waals surface area contributed by atoms with Crippen molar-refractivity contribution in [2.75, 3.05) is 0 Å². The molecule has 0 aromatic rings. The maximum absolute atomic E-state index is 10.5. The third-order valence-corrected chi connectivity index (χ3v) is 3.28. The van der Waals surface area contributed by atoms with Crippen LogP contribution in [0.25, 0.3) is 0 Å². The summed E-state index contributed by atoms with van der Waals surface area (Å²) >= 11 is 0. The molecule has 0 radical (unpaired) electrons. The number of hydrogen-bond acceptors (Lipinski definition) is 2. The Morgan fingerprint density at radius 1 is 1.50 bits per heavy atom. The van der Waals surface area contributed by atoms with E-state index in [4.69, 9.17) is 0 Å². The summed E-state index contributed by atoms with van der Waals surface area (Å²) in [7, 11) is 0. The van der Waals surface area contributed by atoms with Crippen LogP contribution in [0, 0.1) is 20.9 Å². The van der Waals surface area contributed by atoms with Crippen molar-refractivity contribution in [2.24, 2.45) is 10.8 Å². The molecule has 0 N–H and O–H groups in total. The van der Waals surface area contributed by atoms with Crippen LogP contribution in [0.5, 0.6) is 0 Å². The van der Waals surface area contributed by atoms with Crippen molar-refractivity contribution in [3.63, 3.8) is 0 Å². The molecule has 1 aliphatic rings. The van der Waals surface area contributed by atoms with E-state index < -0.39 is 0 Å². The van der Waals surface area contributed by atoms with Gasteiger partial charge in [0.1, 0.15) is 0 Å². The van der Waals surface area contributed by atoms with E-state index in [1.807, 2.05) is 6.08 Å². The molecule has 1 rings (SSSR count). The maximum atomic E-state index is 10.5. The molecule has 3 nitrogen and oxygen atoms in total. The van der Waals surface area contributed by atoms with Gasteiger partial charge in [-0.2, -0.15) is 0 Å². The first-order valence-corrected chi connectivity index (χ1v) is 4.80. The van der Waals surface area contributed by atoms with E-state index in [2.05, 4.69) is 27.7 Å². The largest absolute Gasteiger partial charge is 0.265 e. The summed E-state index contributed by atoms with van der Waals surface area (Å²) in [5.74, 6) is 0. The van der Waals surface area contributed by atoms with Gasteiger partial charge >= 0.3 is 0 Å². The van der Waals surface area contributed by atoms with Crippen LogP contribution in [0.4, 0.5) is 0 Å². The summed E-state index contributed by atoms with van der Waals surface area (Å²) in [4.78, 5) is 10.2. The van der Waals surface area contributed by atoms with E-state index in [0.29, 0.717) is 0 Å². The van der Waals surface area contributed by atoms with Crippen molar-refractivity contribution < 1.29 is 4.92 Å². The molecule has 14 heavy (non-hydrogen) atoms. The third kappa shape index (κ3) is 1.86. The Morgan fingerprint density at radius 2 is 2.07 bits per heavy atom. The summed E-state index contributed by atoms with van der Waals surface area (Å²) in [6, 6.07) is 0. The molecule has 1 atom stereocenters. The van der Waals surface area contributed by atoms with Gasteiger partial charge < -0.3 is 0 Å². The predicted octanol–water partition coefficient (Wildman–Crippen LogP) is 3.16. The molecule has 0 saturated carbocycles. The molecule has 1 aliphatic carbocycles. The van der Waals surface area contributed by atoms with Gasteiger partial charge in [-0.25, -0.2) is 0 Å². The van der Waals surface area contributed by atoms with Crippen molar-refractivity contribution in [3.8, 4) is 0 Å². The summed E-state index contributed by atoms with van der Waals surface area (Å²) in [6.07, 6.45) is 6.04. The van der Waals surface area contributed by atoms with Crippen LogP contribution in [0.15, 0.2) is 23.9 Å². The second-order valence-corrected chi connectivity index (χ2v) is 5.09. The highest BCUT2D eigenvalue weighted by atomic mass is 16.6. The topological polar surface area (TPSA) is 43.1 Å². The van der Waals surface area contributed by atoms with Crippen LogP contribution in [0.1, 0.15) is 34.1 Å². The minimum atomic E-state index is -0.335. The molecule has 0 spiro atoms. The first kappa shape index (κ1) is 11.0. The molecular weight excluding hydrogens is 178 g/mol. The number of nitrogens with zero attached hydrogens (tertiary/aromatic N) is 1. The van der Waals surface area contributed by atoms with Crippen LogP contribution in [0.3, 0.4) is 0 Å². The van der Waals surface area contributed by atoms with Crippen LogP contribution in [-0.2, 0) is 0 Å². The molecule has 0 aromatic carbocycles. The van der Waals surface area contributed by atoms with Gasteiger partial charge in [-0.1, -0.05) is 33.8 Å². The molecule has 0 bridgehead atoms. The fraction of sp³-hybridized carbons (Fsp3) is 0.636. The van der Waals surface area contributed by atoms with Gasteiger partial charge in [-0.3, -0.25) is 10.1 Å². The highest BCUT2D eigenvalue weighted by Gasteiger charge is 2.36. The van der Waals surface area contributed by atoms with Crippen molar-refractivity contribution >= 4 is 0 Å². The highest BCUT2D eigenvalue weighted by Crippen LogP contribution is 2.44. The summed E-state index contributed by atoms with van der Waals surface area (Å²) in [5.41, 5.74) is 0.362. The highest BCUT2D eigenvalue weighted by molar-refractivity contribution is 5.22.